The molecule has 4 rings (SSSR count). The average molecular weight is 367 g/mol. The van der Waals surface area contributed by atoms with E-state index in [1.54, 1.807) is 31.6 Å². The Morgan fingerprint density at radius 2 is 1.85 bits per heavy atom. The quantitative estimate of drug-likeness (QED) is 0.580. The number of benzene rings is 1. The maximum atomic E-state index is 13.3. The van der Waals surface area contributed by atoms with Crippen molar-refractivity contribution >= 4 is 0 Å². The van der Waals surface area contributed by atoms with E-state index in [2.05, 4.69) is 30.4 Å². The molecule has 0 aliphatic heterocycles. The molecule has 8 heteroatoms. The molecule has 0 saturated carbocycles. The fourth-order valence-electron chi connectivity index (χ4n) is 2.09. The van der Waals surface area contributed by atoms with Crippen molar-refractivity contribution in [2.45, 2.75) is 27.7 Å². The highest BCUT2D eigenvalue weighted by atomic mass is 19.1. The molecule has 0 unspecified atom stereocenters. The maximum Gasteiger partial charge on any atom is 0.240 e. The van der Waals surface area contributed by atoms with E-state index >= 15 is 0 Å². The van der Waals surface area contributed by atoms with Crippen molar-refractivity contribution in [3.63, 3.8) is 0 Å². The number of halogens is 1. The minimum absolute atomic E-state index is 0.332. The van der Waals surface area contributed by atoms with Crippen LogP contribution >= 0.6 is 0 Å². The highest BCUT2D eigenvalue weighted by molar-refractivity contribution is 5.41. The number of nitrogens with one attached hydrogen (secondary N) is 1. The van der Waals surface area contributed by atoms with Gasteiger partial charge in [0.25, 0.3) is 0 Å². The van der Waals surface area contributed by atoms with Crippen molar-refractivity contribution in [1.82, 2.24) is 35.2 Å². The maximum absolute atomic E-state index is 13.3. The number of nitrogens with zero attached hydrogens (tertiary/aromatic N) is 6. The number of imidazole rings is 1. The zero-order valence-corrected chi connectivity index (χ0v) is 15.8. The van der Waals surface area contributed by atoms with Gasteiger partial charge < -0.3 is 4.98 Å². The summed E-state index contributed by atoms with van der Waals surface area (Å²) in [4.78, 5) is 12.1. The lowest BCUT2D eigenvalue weighted by Crippen LogP contribution is -2.00. The van der Waals surface area contributed by atoms with E-state index in [1.165, 1.54) is 22.5 Å². The van der Waals surface area contributed by atoms with Crippen LogP contribution in [0.25, 0.3) is 17.3 Å². The second kappa shape index (κ2) is 9.91. The molecule has 0 amide bonds. The van der Waals surface area contributed by atoms with Crippen molar-refractivity contribution in [2.75, 3.05) is 0 Å². The summed E-state index contributed by atoms with van der Waals surface area (Å²) < 4.78 is 13.3. The molecule has 3 heterocycles. The first kappa shape index (κ1) is 19.9. The molecular weight excluding hydrogens is 345 g/mol. The number of tetrazole rings is 1. The molecular formula is C19H22FN7. The lowest BCUT2D eigenvalue weighted by atomic mass is 10.2. The van der Waals surface area contributed by atoms with Crippen molar-refractivity contribution in [2.24, 2.45) is 0 Å². The molecule has 4 aromatic rings. The third kappa shape index (κ3) is 5.81. The second-order valence-electron chi connectivity index (χ2n) is 5.36. The zero-order valence-electron chi connectivity index (χ0n) is 15.8. The van der Waals surface area contributed by atoms with Gasteiger partial charge in [-0.1, -0.05) is 19.9 Å². The number of aryl methyl sites for hydroxylation is 2. The molecule has 0 aliphatic rings. The summed E-state index contributed by atoms with van der Waals surface area (Å²) in [5.74, 6) is 0.554. The second-order valence-corrected chi connectivity index (χ2v) is 5.36. The van der Waals surface area contributed by atoms with Crippen molar-refractivity contribution in [3.8, 4) is 17.3 Å². The summed E-state index contributed by atoms with van der Waals surface area (Å²) in [5, 5.41) is 11.9. The molecule has 27 heavy (non-hydrogen) atoms. The van der Waals surface area contributed by atoms with E-state index in [0.717, 1.165) is 5.56 Å². The van der Waals surface area contributed by atoms with Crippen molar-refractivity contribution in [3.05, 3.63) is 72.1 Å². The van der Waals surface area contributed by atoms with Crippen LogP contribution in [-0.4, -0.2) is 35.2 Å². The Morgan fingerprint density at radius 1 is 1.04 bits per heavy atom. The van der Waals surface area contributed by atoms with Crippen LogP contribution in [0, 0.1) is 19.7 Å². The topological polar surface area (TPSA) is 85.2 Å². The first-order valence-electron chi connectivity index (χ1n) is 8.56. The van der Waals surface area contributed by atoms with E-state index < -0.39 is 0 Å². The third-order valence-electron chi connectivity index (χ3n) is 3.19. The predicted molar refractivity (Wildman–Crippen MR) is 102 cm³/mol. The third-order valence-corrected chi connectivity index (χ3v) is 3.19. The van der Waals surface area contributed by atoms with Crippen LogP contribution in [0.4, 0.5) is 4.39 Å². The van der Waals surface area contributed by atoms with Crippen molar-refractivity contribution < 1.29 is 4.39 Å². The highest BCUT2D eigenvalue weighted by Crippen LogP contribution is 2.13. The number of aromatic amines is 1. The number of hydrogen-bond donors (Lipinski definition) is 1. The standard InChI is InChI=1S/C11H9FN6.C6H7N.C2H6/c1-7-4-8(12)6-9(5-7)18-16-11(15-17-18)10-13-2-3-14-10;1-6-3-2-4-7-5-6;1-2/h2-6H,1H3,(H,13,14);2-5H,1H3;1-2H3. The summed E-state index contributed by atoms with van der Waals surface area (Å²) in [6.07, 6.45) is 6.87. The molecule has 0 fully saturated rings. The van der Waals surface area contributed by atoms with Crippen LogP contribution in [-0.2, 0) is 0 Å². The Balaban J connectivity index is 0.000000244. The van der Waals surface area contributed by atoms with E-state index in [9.17, 15) is 4.39 Å². The Hall–Kier alpha value is -3.42. The number of rotatable bonds is 2. The van der Waals surface area contributed by atoms with Gasteiger partial charge in [-0.2, -0.15) is 0 Å². The van der Waals surface area contributed by atoms with Gasteiger partial charge in [0, 0.05) is 30.9 Å². The summed E-state index contributed by atoms with van der Waals surface area (Å²) in [5.41, 5.74) is 2.53. The highest BCUT2D eigenvalue weighted by Gasteiger charge is 2.09. The van der Waals surface area contributed by atoms with E-state index in [4.69, 9.17) is 0 Å². The molecule has 0 radical (unpaired) electrons. The van der Waals surface area contributed by atoms with Gasteiger partial charge in [-0.25, -0.2) is 9.37 Å². The predicted octanol–water partition coefficient (Wildman–Crippen LogP) is 3.92. The zero-order chi connectivity index (χ0) is 19.6. The first-order valence-corrected chi connectivity index (χ1v) is 8.56. The van der Waals surface area contributed by atoms with Gasteiger partial charge >= 0.3 is 0 Å². The largest absolute Gasteiger partial charge is 0.342 e. The number of H-pyrrole nitrogens is 1. The van der Waals surface area contributed by atoms with Gasteiger partial charge in [-0.15, -0.1) is 15.0 Å². The molecule has 3 aromatic heterocycles. The van der Waals surface area contributed by atoms with E-state index in [1.807, 2.05) is 39.1 Å². The monoisotopic (exact) mass is 367 g/mol. The average Bonchev–Trinajstić information content (AvgIpc) is 3.36. The molecule has 0 saturated heterocycles. The summed E-state index contributed by atoms with van der Waals surface area (Å²) in [6.45, 7) is 7.82. The number of aromatic nitrogens is 7. The van der Waals surface area contributed by atoms with Crippen LogP contribution in [0.1, 0.15) is 25.0 Å². The summed E-state index contributed by atoms with van der Waals surface area (Å²) in [7, 11) is 0. The Kier molecular flexibility index (Phi) is 7.30. The minimum Gasteiger partial charge on any atom is -0.342 e. The van der Waals surface area contributed by atoms with E-state index in [-0.39, 0.29) is 5.82 Å². The van der Waals surface area contributed by atoms with Crippen LogP contribution in [0.3, 0.4) is 0 Å². The number of hydrogen-bond acceptors (Lipinski definition) is 5. The van der Waals surface area contributed by atoms with Crippen LogP contribution < -0.4 is 0 Å². The smallest absolute Gasteiger partial charge is 0.240 e. The minimum atomic E-state index is -0.332. The molecule has 7 nitrogen and oxygen atoms in total. The normalized spacial score (nSPS) is 9.67. The molecule has 1 N–H and O–H groups in total. The molecule has 0 bridgehead atoms. The Bertz CT molecular complexity index is 914. The van der Waals surface area contributed by atoms with Crippen LogP contribution in [0.2, 0.25) is 0 Å². The lowest BCUT2D eigenvalue weighted by molar-refractivity contribution is 0.619. The summed E-state index contributed by atoms with van der Waals surface area (Å²) in [6, 6.07) is 8.51. The number of pyridine rings is 1. The molecule has 0 aliphatic carbocycles. The fraction of sp³-hybridized carbons (Fsp3) is 0.211. The van der Waals surface area contributed by atoms with Gasteiger partial charge in [0.05, 0.1) is 5.69 Å². The van der Waals surface area contributed by atoms with Crippen LogP contribution in [0.15, 0.2) is 55.1 Å². The Labute approximate surface area is 157 Å². The molecule has 0 spiro atoms. The fourth-order valence-corrected chi connectivity index (χ4v) is 2.09. The van der Waals surface area contributed by atoms with Gasteiger partial charge in [-0.3, -0.25) is 4.98 Å². The van der Waals surface area contributed by atoms with Crippen LogP contribution in [0.5, 0.6) is 0 Å². The SMILES string of the molecule is CC.Cc1cc(F)cc(-n2nnc(-c3ncc[nH]3)n2)c1.Cc1cccnc1. The van der Waals surface area contributed by atoms with Crippen molar-refractivity contribution in [1.29, 1.82) is 0 Å². The molecule has 1 aromatic carbocycles. The van der Waals surface area contributed by atoms with Gasteiger partial charge in [0.15, 0.2) is 5.82 Å². The first-order chi connectivity index (χ1) is 13.1. The molecule has 140 valence electrons. The summed E-state index contributed by atoms with van der Waals surface area (Å²) >= 11 is 0. The lowest BCUT2D eigenvalue weighted by Gasteiger charge is -2.00. The van der Waals surface area contributed by atoms with E-state index in [0.29, 0.717) is 17.3 Å². The van der Waals surface area contributed by atoms with Gasteiger partial charge in [0.1, 0.15) is 5.82 Å². The molecule has 0 atom stereocenters. The van der Waals surface area contributed by atoms with Gasteiger partial charge in [-0.05, 0) is 48.4 Å². The Morgan fingerprint density at radius 3 is 2.41 bits per heavy atom. The van der Waals surface area contributed by atoms with Gasteiger partial charge in [0.2, 0.25) is 5.82 Å².